The van der Waals surface area contributed by atoms with Crippen molar-refractivity contribution in [3.8, 4) is 17.2 Å². The van der Waals surface area contributed by atoms with Crippen molar-refractivity contribution in [1.29, 1.82) is 0 Å². The van der Waals surface area contributed by atoms with Crippen LogP contribution in [0.4, 0.5) is 15.8 Å². The zero-order chi connectivity index (χ0) is 24.7. The number of amides is 1. The molecule has 1 amide bonds. The number of fused-ring (bicyclic) bond motifs is 4. The number of carbonyl (C=O) groups is 1. The number of ether oxygens (including phenoxy) is 3. The molecule has 180 valence electrons. The van der Waals surface area contributed by atoms with E-state index in [2.05, 4.69) is 10.6 Å². The summed E-state index contributed by atoms with van der Waals surface area (Å²) < 4.78 is 31.1. The first-order valence-corrected chi connectivity index (χ1v) is 11.4. The van der Waals surface area contributed by atoms with Crippen molar-refractivity contribution in [2.45, 2.75) is 18.7 Å². The zero-order valence-corrected chi connectivity index (χ0v) is 20.2. The number of anilines is 2. The van der Waals surface area contributed by atoms with Crippen LogP contribution < -0.4 is 29.7 Å². The minimum atomic E-state index is -1.25. The quantitative estimate of drug-likeness (QED) is 0.502. The lowest BCUT2D eigenvalue weighted by Crippen LogP contribution is -2.72. The van der Waals surface area contributed by atoms with Crippen molar-refractivity contribution in [1.82, 2.24) is 5.32 Å². The molecular formula is C26H24FN3O4S. The van der Waals surface area contributed by atoms with Gasteiger partial charge in [0, 0.05) is 16.9 Å². The summed E-state index contributed by atoms with van der Waals surface area (Å²) in [6.07, 6.45) is 0. The van der Waals surface area contributed by atoms with Gasteiger partial charge in [0.25, 0.3) is 0 Å². The molecule has 3 aromatic rings. The minimum Gasteiger partial charge on any atom is -0.497 e. The third kappa shape index (κ3) is 3.81. The van der Waals surface area contributed by atoms with Crippen molar-refractivity contribution in [2.75, 3.05) is 24.4 Å². The first kappa shape index (κ1) is 22.9. The van der Waals surface area contributed by atoms with E-state index in [4.69, 9.17) is 26.4 Å². The maximum atomic E-state index is 13.8. The van der Waals surface area contributed by atoms with E-state index in [1.54, 1.807) is 61.6 Å². The first-order chi connectivity index (χ1) is 16.9. The van der Waals surface area contributed by atoms with Crippen molar-refractivity contribution in [3.05, 3.63) is 78.1 Å². The van der Waals surface area contributed by atoms with Crippen LogP contribution in [0.15, 0.2) is 66.7 Å². The van der Waals surface area contributed by atoms with E-state index in [0.29, 0.717) is 33.7 Å². The van der Waals surface area contributed by atoms with Crippen molar-refractivity contribution < 1.29 is 23.4 Å². The van der Waals surface area contributed by atoms with E-state index in [1.165, 1.54) is 12.1 Å². The highest BCUT2D eigenvalue weighted by atomic mass is 32.1. The van der Waals surface area contributed by atoms with Crippen LogP contribution in [0.5, 0.6) is 17.2 Å². The number of nitrogens with one attached hydrogen (secondary N) is 2. The second-order valence-electron chi connectivity index (χ2n) is 8.47. The van der Waals surface area contributed by atoms with Crippen LogP contribution in [0.1, 0.15) is 18.5 Å². The smallest absolute Gasteiger partial charge is 0.236 e. The maximum absolute atomic E-state index is 13.8. The molecule has 3 aromatic carbocycles. The fraction of sp³-hybridized carbons (Fsp3) is 0.231. The molecule has 2 heterocycles. The Kier molecular flexibility index (Phi) is 5.72. The molecule has 5 rings (SSSR count). The van der Waals surface area contributed by atoms with E-state index in [0.717, 1.165) is 5.56 Å². The average molecular weight is 494 g/mol. The van der Waals surface area contributed by atoms with Gasteiger partial charge < -0.3 is 24.8 Å². The van der Waals surface area contributed by atoms with Crippen LogP contribution >= 0.6 is 12.2 Å². The van der Waals surface area contributed by atoms with Gasteiger partial charge in [0.1, 0.15) is 17.5 Å². The van der Waals surface area contributed by atoms with Gasteiger partial charge in [-0.1, -0.05) is 12.1 Å². The third-order valence-electron chi connectivity index (χ3n) is 6.43. The molecular weight excluding hydrogens is 469 g/mol. The Morgan fingerprint density at radius 3 is 2.46 bits per heavy atom. The second-order valence-corrected chi connectivity index (χ2v) is 8.86. The topological polar surface area (TPSA) is 72.1 Å². The van der Waals surface area contributed by atoms with E-state index in [-0.39, 0.29) is 11.7 Å². The molecule has 1 saturated heterocycles. The largest absolute Gasteiger partial charge is 0.497 e. The van der Waals surface area contributed by atoms with E-state index in [9.17, 15) is 9.18 Å². The molecule has 2 aliphatic rings. The Balaban J connectivity index is 1.61. The predicted molar refractivity (Wildman–Crippen MR) is 134 cm³/mol. The average Bonchev–Trinajstić information content (AvgIpc) is 2.84. The van der Waals surface area contributed by atoms with Crippen LogP contribution in [0.3, 0.4) is 0 Å². The summed E-state index contributed by atoms with van der Waals surface area (Å²) in [6, 6.07) is 18.0. The van der Waals surface area contributed by atoms with Gasteiger partial charge in [0.15, 0.2) is 22.3 Å². The Labute approximate surface area is 207 Å². The molecule has 2 bridgehead atoms. The first-order valence-electron chi connectivity index (χ1n) is 11.0. The number of halogens is 1. The van der Waals surface area contributed by atoms with Gasteiger partial charge in [0.2, 0.25) is 5.91 Å². The van der Waals surface area contributed by atoms with E-state index < -0.39 is 17.7 Å². The number of para-hydroxylation sites is 1. The van der Waals surface area contributed by atoms with E-state index >= 15 is 0 Å². The molecule has 7 nitrogen and oxygen atoms in total. The van der Waals surface area contributed by atoms with Gasteiger partial charge in [0.05, 0.1) is 20.3 Å². The van der Waals surface area contributed by atoms with Gasteiger partial charge in [-0.2, -0.15) is 0 Å². The number of thiocarbonyl (C=S) groups is 1. The monoisotopic (exact) mass is 493 g/mol. The summed E-state index contributed by atoms with van der Waals surface area (Å²) in [5.41, 5.74) is 0.719. The van der Waals surface area contributed by atoms with Crippen LogP contribution in [0, 0.1) is 11.7 Å². The molecule has 0 saturated carbocycles. The Hall–Kier alpha value is -3.85. The number of hydrogen-bond acceptors (Lipinski definition) is 5. The Bertz CT molecular complexity index is 1280. The molecule has 0 radical (unpaired) electrons. The molecule has 0 aromatic heterocycles. The van der Waals surface area contributed by atoms with Gasteiger partial charge >= 0.3 is 0 Å². The Morgan fingerprint density at radius 2 is 1.80 bits per heavy atom. The third-order valence-corrected chi connectivity index (χ3v) is 6.73. The number of rotatable bonds is 5. The van der Waals surface area contributed by atoms with Crippen LogP contribution in [-0.4, -0.2) is 31.0 Å². The lowest BCUT2D eigenvalue weighted by molar-refractivity contribution is -0.130. The summed E-state index contributed by atoms with van der Waals surface area (Å²) >= 11 is 5.72. The number of nitrogens with zero attached hydrogens (tertiary/aromatic N) is 1. The maximum Gasteiger partial charge on any atom is 0.236 e. The standard InChI is InChI=1S/C26H24FN3O4S/c1-26-21(24(31)28-16-9-13-18(32-2)14-10-16)22(19-5-4-6-20(33-3)23(19)34-26)29-25(35)30(26)17-11-7-15(27)8-12-17/h4-14,21-22H,1-3H3,(H,28,31)(H,29,35)/t21-,22-,26+/m1/s1. The number of hydrogen-bond donors (Lipinski definition) is 2. The lowest BCUT2D eigenvalue weighted by Gasteiger charge is -2.56. The fourth-order valence-electron chi connectivity index (χ4n) is 4.80. The molecule has 0 aliphatic carbocycles. The summed E-state index contributed by atoms with van der Waals surface area (Å²) in [6.45, 7) is 1.81. The van der Waals surface area contributed by atoms with Crippen molar-refractivity contribution >= 4 is 34.6 Å². The predicted octanol–water partition coefficient (Wildman–Crippen LogP) is 4.64. The highest BCUT2D eigenvalue weighted by Crippen LogP contribution is 2.52. The number of benzene rings is 3. The lowest BCUT2D eigenvalue weighted by atomic mass is 9.78. The molecule has 9 heteroatoms. The fourth-order valence-corrected chi connectivity index (χ4v) is 5.22. The highest BCUT2D eigenvalue weighted by Gasteiger charge is 2.59. The van der Waals surface area contributed by atoms with Gasteiger partial charge in [-0.3, -0.25) is 9.69 Å². The van der Waals surface area contributed by atoms with Crippen molar-refractivity contribution in [2.24, 2.45) is 5.92 Å². The molecule has 0 spiro atoms. The highest BCUT2D eigenvalue weighted by molar-refractivity contribution is 7.80. The summed E-state index contributed by atoms with van der Waals surface area (Å²) in [5, 5.41) is 6.69. The van der Waals surface area contributed by atoms with Crippen LogP contribution in [0.25, 0.3) is 0 Å². The summed E-state index contributed by atoms with van der Waals surface area (Å²) in [7, 11) is 3.15. The van der Waals surface area contributed by atoms with Crippen LogP contribution in [0.2, 0.25) is 0 Å². The minimum absolute atomic E-state index is 0.266. The second kappa shape index (κ2) is 8.74. The van der Waals surface area contributed by atoms with E-state index in [1.807, 2.05) is 19.1 Å². The SMILES string of the molecule is COc1ccc(NC(=O)[C@H]2[C@@H]3NC(=S)N(c4ccc(F)cc4)[C@@]2(C)Oc2c(OC)cccc23)cc1. The molecule has 2 N–H and O–H groups in total. The number of methoxy groups -OCH3 is 2. The molecule has 3 atom stereocenters. The molecule has 2 aliphatic heterocycles. The summed E-state index contributed by atoms with van der Waals surface area (Å²) in [5.74, 6) is 0.375. The van der Waals surface area contributed by atoms with Crippen molar-refractivity contribution in [3.63, 3.8) is 0 Å². The Morgan fingerprint density at radius 1 is 1.09 bits per heavy atom. The van der Waals surface area contributed by atoms with Gasteiger partial charge in [-0.15, -0.1) is 0 Å². The normalized spacial score (nSPS) is 22.4. The number of carbonyl (C=O) groups excluding carboxylic acids is 1. The molecule has 35 heavy (non-hydrogen) atoms. The van der Waals surface area contributed by atoms with Gasteiger partial charge in [-0.05, 0) is 73.7 Å². The zero-order valence-electron chi connectivity index (χ0n) is 19.4. The van der Waals surface area contributed by atoms with Gasteiger partial charge in [-0.25, -0.2) is 4.39 Å². The summed E-state index contributed by atoms with van der Waals surface area (Å²) in [4.78, 5) is 15.5. The van der Waals surface area contributed by atoms with Crippen LogP contribution in [-0.2, 0) is 4.79 Å². The molecule has 0 unspecified atom stereocenters. The molecule has 1 fully saturated rings.